The molecule has 0 spiro atoms. The molecule has 0 saturated heterocycles. The number of nitrogens with one attached hydrogen (secondary N) is 1. The van der Waals surface area contributed by atoms with Crippen molar-refractivity contribution in [3.8, 4) is 0 Å². The highest BCUT2D eigenvalue weighted by atomic mass is 16.5. The lowest BCUT2D eigenvalue weighted by molar-refractivity contribution is -0.119. The molecule has 0 bridgehead atoms. The number of hydrogen-bond donors (Lipinski definition) is 2. The van der Waals surface area contributed by atoms with Crippen molar-refractivity contribution in [2.75, 3.05) is 20.2 Å². The summed E-state index contributed by atoms with van der Waals surface area (Å²) in [6.45, 7) is 0.537. The van der Waals surface area contributed by atoms with Gasteiger partial charge in [0.05, 0.1) is 19.2 Å². The third-order valence-electron chi connectivity index (χ3n) is 2.30. The van der Waals surface area contributed by atoms with Crippen LogP contribution in [0.1, 0.15) is 15.9 Å². The maximum atomic E-state index is 11.2. The van der Waals surface area contributed by atoms with Crippen LogP contribution < -0.4 is 11.1 Å². The molecule has 0 radical (unpaired) electrons. The molecule has 0 unspecified atom stereocenters. The maximum Gasteiger partial charge on any atom is 0.337 e. The molecule has 1 aromatic rings. The number of carbonyl (C=O) groups is 2. The molecule has 1 aromatic carbocycles. The summed E-state index contributed by atoms with van der Waals surface area (Å²) in [5.74, 6) is -0.524. The van der Waals surface area contributed by atoms with Crippen LogP contribution in [-0.4, -0.2) is 32.1 Å². The number of hydrogen-bond acceptors (Lipinski definition) is 4. The first-order valence-electron chi connectivity index (χ1n) is 5.31. The van der Waals surface area contributed by atoms with Crippen LogP contribution in [-0.2, 0) is 16.0 Å². The molecule has 1 amide bonds. The normalized spacial score (nSPS) is 9.76. The van der Waals surface area contributed by atoms with Gasteiger partial charge in [-0.3, -0.25) is 4.79 Å². The van der Waals surface area contributed by atoms with Crippen molar-refractivity contribution in [2.24, 2.45) is 5.73 Å². The van der Waals surface area contributed by atoms with Gasteiger partial charge in [0.2, 0.25) is 5.91 Å². The van der Waals surface area contributed by atoms with Crippen molar-refractivity contribution in [1.29, 1.82) is 0 Å². The Morgan fingerprint density at radius 1 is 1.29 bits per heavy atom. The van der Waals surface area contributed by atoms with Gasteiger partial charge in [0, 0.05) is 6.54 Å². The Labute approximate surface area is 99.9 Å². The smallest absolute Gasteiger partial charge is 0.337 e. The van der Waals surface area contributed by atoms with Gasteiger partial charge in [-0.05, 0) is 24.1 Å². The first-order chi connectivity index (χ1) is 8.17. The second-order valence-electron chi connectivity index (χ2n) is 3.49. The minimum atomic E-state index is -0.354. The van der Waals surface area contributed by atoms with Gasteiger partial charge in [-0.25, -0.2) is 4.79 Å². The van der Waals surface area contributed by atoms with Crippen LogP contribution in [0.4, 0.5) is 0 Å². The van der Waals surface area contributed by atoms with E-state index in [1.165, 1.54) is 7.11 Å². The van der Waals surface area contributed by atoms with Gasteiger partial charge in [0.1, 0.15) is 0 Å². The van der Waals surface area contributed by atoms with Crippen LogP contribution >= 0.6 is 0 Å². The summed E-state index contributed by atoms with van der Waals surface area (Å²) in [6.07, 6.45) is 0.702. The van der Waals surface area contributed by atoms with Gasteiger partial charge in [-0.1, -0.05) is 12.1 Å². The summed E-state index contributed by atoms with van der Waals surface area (Å²) in [5, 5.41) is 2.67. The zero-order valence-corrected chi connectivity index (χ0v) is 9.73. The molecule has 0 atom stereocenters. The molecule has 0 aliphatic carbocycles. The molecule has 17 heavy (non-hydrogen) atoms. The predicted octanol–water partition coefficient (Wildman–Crippen LogP) is 0.0906. The van der Waals surface area contributed by atoms with Crippen LogP contribution in [0.2, 0.25) is 0 Å². The molecule has 0 saturated carbocycles. The number of rotatable bonds is 5. The van der Waals surface area contributed by atoms with Gasteiger partial charge in [-0.2, -0.15) is 0 Å². The van der Waals surface area contributed by atoms with Crippen LogP contribution in [0.15, 0.2) is 24.3 Å². The second kappa shape index (κ2) is 6.65. The molecule has 92 valence electrons. The number of nitrogens with two attached hydrogens (primary N) is 1. The van der Waals surface area contributed by atoms with Gasteiger partial charge in [-0.15, -0.1) is 0 Å². The molecule has 5 nitrogen and oxygen atoms in total. The van der Waals surface area contributed by atoms with E-state index in [1.54, 1.807) is 12.1 Å². The number of amides is 1. The average Bonchev–Trinajstić information content (AvgIpc) is 2.38. The SMILES string of the molecule is COC(=O)c1ccc(CCNC(=O)CN)cc1. The first kappa shape index (κ1) is 13.2. The van der Waals surface area contributed by atoms with Crippen molar-refractivity contribution in [3.05, 3.63) is 35.4 Å². The summed E-state index contributed by atoms with van der Waals surface area (Å²) < 4.78 is 4.59. The highest BCUT2D eigenvalue weighted by molar-refractivity contribution is 5.89. The summed E-state index contributed by atoms with van der Waals surface area (Å²) in [7, 11) is 1.35. The average molecular weight is 236 g/mol. The van der Waals surface area contributed by atoms with Gasteiger partial charge < -0.3 is 15.8 Å². The molecule has 0 aliphatic heterocycles. The summed E-state index contributed by atoms with van der Waals surface area (Å²) in [6, 6.07) is 7.07. The van der Waals surface area contributed by atoms with E-state index in [9.17, 15) is 9.59 Å². The largest absolute Gasteiger partial charge is 0.465 e. The molecule has 0 heterocycles. The number of methoxy groups -OCH3 is 1. The fourth-order valence-corrected chi connectivity index (χ4v) is 1.34. The van der Waals surface area contributed by atoms with Crippen LogP contribution in [0.25, 0.3) is 0 Å². The topological polar surface area (TPSA) is 81.4 Å². The zero-order valence-electron chi connectivity index (χ0n) is 9.73. The number of carbonyl (C=O) groups excluding carboxylic acids is 2. The van der Waals surface area contributed by atoms with E-state index in [0.717, 1.165) is 5.56 Å². The lowest BCUT2D eigenvalue weighted by Gasteiger charge is -2.04. The molecular weight excluding hydrogens is 220 g/mol. The van der Waals surface area contributed by atoms with Crippen molar-refractivity contribution in [1.82, 2.24) is 5.32 Å². The molecule has 0 aromatic heterocycles. The Bertz CT molecular complexity index is 387. The number of benzene rings is 1. The monoisotopic (exact) mass is 236 g/mol. The van der Waals surface area contributed by atoms with Crippen LogP contribution in [0.5, 0.6) is 0 Å². The Hall–Kier alpha value is -1.88. The van der Waals surface area contributed by atoms with E-state index in [1.807, 2.05) is 12.1 Å². The molecule has 0 fully saturated rings. The third-order valence-corrected chi connectivity index (χ3v) is 2.30. The highest BCUT2D eigenvalue weighted by Crippen LogP contribution is 2.05. The Balaban J connectivity index is 2.46. The lowest BCUT2D eigenvalue weighted by atomic mass is 10.1. The number of esters is 1. The van der Waals surface area contributed by atoms with E-state index in [0.29, 0.717) is 18.5 Å². The van der Waals surface area contributed by atoms with Crippen molar-refractivity contribution in [2.45, 2.75) is 6.42 Å². The summed E-state index contributed by atoms with van der Waals surface area (Å²) in [4.78, 5) is 22.1. The fraction of sp³-hybridized carbons (Fsp3) is 0.333. The van der Waals surface area contributed by atoms with Gasteiger partial charge >= 0.3 is 5.97 Å². The maximum absolute atomic E-state index is 11.2. The molecule has 1 rings (SSSR count). The van der Waals surface area contributed by atoms with Crippen molar-refractivity contribution >= 4 is 11.9 Å². The minimum absolute atomic E-state index is 0.00127. The molecule has 5 heteroatoms. The zero-order chi connectivity index (χ0) is 12.7. The fourth-order valence-electron chi connectivity index (χ4n) is 1.34. The minimum Gasteiger partial charge on any atom is -0.465 e. The van der Waals surface area contributed by atoms with Gasteiger partial charge in [0.25, 0.3) is 0 Å². The summed E-state index contributed by atoms with van der Waals surface area (Å²) >= 11 is 0. The van der Waals surface area contributed by atoms with Crippen molar-refractivity contribution < 1.29 is 14.3 Å². The Kier molecular flexibility index (Phi) is 5.16. The summed E-state index contributed by atoms with van der Waals surface area (Å²) in [5.41, 5.74) is 6.71. The Morgan fingerprint density at radius 3 is 2.47 bits per heavy atom. The van der Waals surface area contributed by atoms with E-state index in [4.69, 9.17) is 5.73 Å². The quantitative estimate of drug-likeness (QED) is 0.710. The van der Waals surface area contributed by atoms with Crippen LogP contribution in [0, 0.1) is 0 Å². The highest BCUT2D eigenvalue weighted by Gasteiger charge is 2.04. The van der Waals surface area contributed by atoms with Crippen molar-refractivity contribution in [3.63, 3.8) is 0 Å². The van der Waals surface area contributed by atoms with E-state index in [-0.39, 0.29) is 18.4 Å². The second-order valence-corrected chi connectivity index (χ2v) is 3.49. The van der Waals surface area contributed by atoms with E-state index in [2.05, 4.69) is 10.1 Å². The predicted molar refractivity (Wildman–Crippen MR) is 63.5 cm³/mol. The Morgan fingerprint density at radius 2 is 1.94 bits per heavy atom. The van der Waals surface area contributed by atoms with E-state index >= 15 is 0 Å². The van der Waals surface area contributed by atoms with Crippen LogP contribution in [0.3, 0.4) is 0 Å². The molecule has 0 aliphatic rings. The number of ether oxygens (including phenoxy) is 1. The first-order valence-corrected chi connectivity index (χ1v) is 5.31. The molecule has 3 N–H and O–H groups in total. The lowest BCUT2D eigenvalue weighted by Crippen LogP contribution is -2.31. The molecular formula is C12H16N2O3. The third kappa shape index (κ3) is 4.24. The van der Waals surface area contributed by atoms with Gasteiger partial charge in [0.15, 0.2) is 0 Å². The van der Waals surface area contributed by atoms with E-state index < -0.39 is 0 Å². The standard InChI is InChI=1S/C12H16N2O3/c1-17-12(16)10-4-2-9(3-5-10)6-7-14-11(15)8-13/h2-5H,6-8,13H2,1H3,(H,14,15).